The number of hydrogen-bond acceptors (Lipinski definition) is 5. The molecule has 1 atom stereocenters. The van der Waals surface area contributed by atoms with Crippen molar-refractivity contribution in [3.05, 3.63) is 23.9 Å². The van der Waals surface area contributed by atoms with Crippen LogP contribution in [0.3, 0.4) is 0 Å². The van der Waals surface area contributed by atoms with Gasteiger partial charge in [0.05, 0.1) is 5.56 Å². The largest absolute Gasteiger partial charge is 0.480 e. The van der Waals surface area contributed by atoms with Crippen LogP contribution in [0.2, 0.25) is 0 Å². The Bertz CT molecular complexity index is 551. The number of carboxylic acid groups (broad SMARTS) is 1. The van der Waals surface area contributed by atoms with Crippen molar-refractivity contribution in [3.8, 4) is 0 Å². The van der Waals surface area contributed by atoms with Crippen LogP contribution in [0.5, 0.6) is 0 Å². The van der Waals surface area contributed by atoms with E-state index >= 15 is 0 Å². The van der Waals surface area contributed by atoms with Crippen molar-refractivity contribution in [1.82, 2.24) is 10.3 Å². The molecule has 2 N–H and O–H groups in total. The molecule has 1 amide bonds. The van der Waals surface area contributed by atoms with Gasteiger partial charge in [-0.15, -0.1) is 0 Å². The fourth-order valence-electron chi connectivity index (χ4n) is 2.91. The summed E-state index contributed by atoms with van der Waals surface area (Å²) >= 11 is 0. The molecule has 1 aliphatic heterocycles. The Morgan fingerprint density at radius 1 is 1.33 bits per heavy atom. The Hall–Kier alpha value is -2.15. The van der Waals surface area contributed by atoms with Crippen LogP contribution in [0, 0.1) is 5.92 Å². The second-order valence-corrected chi connectivity index (χ2v) is 5.82. The Kier molecular flexibility index (Phi) is 6.54. The average Bonchev–Trinajstić information content (AvgIpc) is 2.61. The molecular formula is C17H25N3O4. The van der Waals surface area contributed by atoms with Crippen LogP contribution in [0.4, 0.5) is 5.82 Å². The molecule has 0 aliphatic carbocycles. The molecule has 0 radical (unpaired) electrons. The number of aromatic nitrogens is 1. The second-order valence-electron chi connectivity index (χ2n) is 5.82. The Morgan fingerprint density at radius 2 is 2.00 bits per heavy atom. The van der Waals surface area contributed by atoms with Gasteiger partial charge in [-0.05, 0) is 44.7 Å². The van der Waals surface area contributed by atoms with Crippen LogP contribution in [0.25, 0.3) is 0 Å². The third-order valence-electron chi connectivity index (χ3n) is 4.39. The van der Waals surface area contributed by atoms with E-state index < -0.39 is 17.9 Å². The monoisotopic (exact) mass is 335 g/mol. The van der Waals surface area contributed by atoms with E-state index in [1.54, 1.807) is 12.1 Å². The van der Waals surface area contributed by atoms with E-state index in [-0.39, 0.29) is 5.92 Å². The van der Waals surface area contributed by atoms with Crippen molar-refractivity contribution in [2.24, 2.45) is 5.92 Å². The SMILES string of the molecule is CCN(CC)c1ccc(C(=O)NC(C(=O)O)C2CCOCC2)cn1. The van der Waals surface area contributed by atoms with E-state index in [1.165, 1.54) is 6.20 Å². The minimum absolute atomic E-state index is 0.108. The number of carbonyl (C=O) groups excluding carboxylic acids is 1. The lowest BCUT2D eigenvalue weighted by atomic mass is 9.91. The Labute approximate surface area is 142 Å². The predicted octanol–water partition coefficient (Wildman–Crippen LogP) is 1.54. The van der Waals surface area contributed by atoms with Gasteiger partial charge in [-0.3, -0.25) is 4.79 Å². The van der Waals surface area contributed by atoms with Gasteiger partial charge in [0, 0.05) is 32.5 Å². The van der Waals surface area contributed by atoms with Crippen molar-refractivity contribution in [2.75, 3.05) is 31.2 Å². The Balaban J connectivity index is 2.05. The minimum atomic E-state index is -1.01. The molecule has 1 fully saturated rings. The second kappa shape index (κ2) is 8.63. The lowest BCUT2D eigenvalue weighted by molar-refractivity contribution is -0.141. The highest BCUT2D eigenvalue weighted by atomic mass is 16.5. The number of amides is 1. The van der Waals surface area contributed by atoms with E-state index in [0.717, 1.165) is 18.9 Å². The first-order valence-corrected chi connectivity index (χ1v) is 8.39. The summed E-state index contributed by atoms with van der Waals surface area (Å²) in [6.45, 7) is 6.81. The summed E-state index contributed by atoms with van der Waals surface area (Å²) in [5.74, 6) is -0.727. The van der Waals surface area contributed by atoms with Crippen molar-refractivity contribution < 1.29 is 19.4 Å². The number of rotatable bonds is 7. The summed E-state index contributed by atoms with van der Waals surface area (Å²) in [4.78, 5) is 30.2. The maximum atomic E-state index is 12.4. The molecule has 1 aromatic heterocycles. The molecule has 7 nitrogen and oxygen atoms in total. The number of nitrogens with one attached hydrogen (secondary N) is 1. The molecule has 0 spiro atoms. The van der Waals surface area contributed by atoms with Gasteiger partial charge in [0.2, 0.25) is 0 Å². The molecule has 0 aromatic carbocycles. The first-order valence-electron chi connectivity index (χ1n) is 8.39. The Morgan fingerprint density at radius 3 is 2.50 bits per heavy atom. The third kappa shape index (κ3) is 4.44. The van der Waals surface area contributed by atoms with Crippen molar-refractivity contribution in [2.45, 2.75) is 32.7 Å². The number of ether oxygens (including phenoxy) is 1. The molecule has 1 saturated heterocycles. The van der Waals surface area contributed by atoms with Crippen LogP contribution in [-0.4, -0.2) is 54.3 Å². The van der Waals surface area contributed by atoms with Gasteiger partial charge in [-0.2, -0.15) is 0 Å². The van der Waals surface area contributed by atoms with Gasteiger partial charge in [0.15, 0.2) is 0 Å². The smallest absolute Gasteiger partial charge is 0.326 e. The summed E-state index contributed by atoms with van der Waals surface area (Å²) in [6.07, 6.45) is 2.76. The summed E-state index contributed by atoms with van der Waals surface area (Å²) in [7, 11) is 0. The van der Waals surface area contributed by atoms with E-state index in [4.69, 9.17) is 4.74 Å². The first kappa shape index (κ1) is 18.2. The number of pyridine rings is 1. The zero-order valence-electron chi connectivity index (χ0n) is 14.2. The number of nitrogens with zero attached hydrogens (tertiary/aromatic N) is 2. The molecular weight excluding hydrogens is 310 g/mol. The van der Waals surface area contributed by atoms with Gasteiger partial charge >= 0.3 is 5.97 Å². The topological polar surface area (TPSA) is 91.8 Å². The van der Waals surface area contributed by atoms with E-state index in [9.17, 15) is 14.7 Å². The summed E-state index contributed by atoms with van der Waals surface area (Å²) < 4.78 is 5.26. The molecule has 7 heteroatoms. The van der Waals surface area contributed by atoms with Gasteiger partial charge in [-0.25, -0.2) is 9.78 Å². The molecule has 2 rings (SSSR count). The summed E-state index contributed by atoms with van der Waals surface area (Å²) in [5, 5.41) is 12.1. The van der Waals surface area contributed by atoms with Crippen LogP contribution in [-0.2, 0) is 9.53 Å². The maximum absolute atomic E-state index is 12.4. The van der Waals surface area contributed by atoms with Crippen molar-refractivity contribution >= 4 is 17.7 Å². The quantitative estimate of drug-likeness (QED) is 0.785. The zero-order valence-corrected chi connectivity index (χ0v) is 14.2. The molecule has 1 aliphatic rings. The van der Waals surface area contributed by atoms with Crippen LogP contribution < -0.4 is 10.2 Å². The van der Waals surface area contributed by atoms with Crippen molar-refractivity contribution in [3.63, 3.8) is 0 Å². The molecule has 132 valence electrons. The minimum Gasteiger partial charge on any atom is -0.480 e. The third-order valence-corrected chi connectivity index (χ3v) is 4.39. The van der Waals surface area contributed by atoms with Crippen LogP contribution >= 0.6 is 0 Å². The fourth-order valence-corrected chi connectivity index (χ4v) is 2.91. The number of hydrogen-bond donors (Lipinski definition) is 2. The van der Waals surface area contributed by atoms with Crippen molar-refractivity contribution in [1.29, 1.82) is 0 Å². The highest BCUT2D eigenvalue weighted by Gasteiger charge is 2.31. The lowest BCUT2D eigenvalue weighted by Gasteiger charge is -2.28. The normalized spacial score (nSPS) is 16.4. The van der Waals surface area contributed by atoms with Gasteiger partial charge < -0.3 is 20.1 Å². The lowest BCUT2D eigenvalue weighted by Crippen LogP contribution is -2.47. The molecule has 24 heavy (non-hydrogen) atoms. The number of carbonyl (C=O) groups is 2. The summed E-state index contributed by atoms with van der Waals surface area (Å²) in [6, 6.07) is 2.56. The highest BCUT2D eigenvalue weighted by molar-refractivity contribution is 5.96. The van der Waals surface area contributed by atoms with Crippen LogP contribution in [0.15, 0.2) is 18.3 Å². The van der Waals surface area contributed by atoms with E-state index in [2.05, 4.69) is 15.2 Å². The number of carboxylic acids is 1. The molecule has 0 saturated carbocycles. The fraction of sp³-hybridized carbons (Fsp3) is 0.588. The number of anilines is 1. The van der Waals surface area contributed by atoms with Gasteiger partial charge in [-0.1, -0.05) is 0 Å². The van der Waals surface area contributed by atoms with E-state index in [0.29, 0.717) is 31.6 Å². The van der Waals surface area contributed by atoms with E-state index in [1.807, 2.05) is 13.8 Å². The van der Waals surface area contributed by atoms with Gasteiger partial charge in [0.25, 0.3) is 5.91 Å². The van der Waals surface area contributed by atoms with Crippen LogP contribution in [0.1, 0.15) is 37.0 Å². The molecule has 2 heterocycles. The molecule has 1 unspecified atom stereocenters. The standard InChI is InChI=1S/C17H25N3O4/c1-3-20(4-2)14-6-5-13(11-18-14)16(21)19-15(17(22)23)12-7-9-24-10-8-12/h5-6,11-12,15H,3-4,7-10H2,1-2H3,(H,19,21)(H,22,23). The number of aliphatic carboxylic acids is 1. The summed E-state index contributed by atoms with van der Waals surface area (Å²) in [5.41, 5.74) is 0.365. The zero-order chi connectivity index (χ0) is 17.5. The first-order chi connectivity index (χ1) is 11.6. The molecule has 0 bridgehead atoms. The predicted molar refractivity (Wildman–Crippen MR) is 90.2 cm³/mol. The van der Waals surface area contributed by atoms with Gasteiger partial charge in [0.1, 0.15) is 11.9 Å². The highest BCUT2D eigenvalue weighted by Crippen LogP contribution is 2.20. The maximum Gasteiger partial charge on any atom is 0.326 e. The molecule has 1 aromatic rings. The average molecular weight is 335 g/mol.